The van der Waals surface area contributed by atoms with Crippen LogP contribution in [-0.4, -0.2) is 26.2 Å². The lowest BCUT2D eigenvalue weighted by Gasteiger charge is -2.22. The number of hydrogen-bond acceptors (Lipinski definition) is 6. The van der Waals surface area contributed by atoms with E-state index in [-0.39, 0.29) is 12.3 Å². The minimum atomic E-state index is -0.426. The predicted octanol–water partition coefficient (Wildman–Crippen LogP) is 3.79. The smallest absolute Gasteiger partial charge is 0.244 e. The summed E-state index contributed by atoms with van der Waals surface area (Å²) in [5.74, 6) is 1.26. The summed E-state index contributed by atoms with van der Waals surface area (Å²) >= 11 is 0. The number of pyridine rings is 1. The van der Waals surface area contributed by atoms with E-state index in [4.69, 9.17) is 9.73 Å². The normalized spacial score (nSPS) is 16.2. The number of hydrogen-bond donors (Lipinski definition) is 2. The molecule has 0 bridgehead atoms. The van der Waals surface area contributed by atoms with Crippen molar-refractivity contribution in [1.82, 2.24) is 20.6 Å². The van der Waals surface area contributed by atoms with Crippen LogP contribution in [0.15, 0.2) is 29.0 Å². The Hall–Kier alpha value is -2.28. The highest BCUT2D eigenvalue weighted by Crippen LogP contribution is 2.31. The molecule has 2 heterocycles. The summed E-state index contributed by atoms with van der Waals surface area (Å²) in [5.41, 5.74) is 2.72. The van der Waals surface area contributed by atoms with Crippen molar-refractivity contribution < 1.29 is 14.5 Å². The molecule has 27 heavy (non-hydrogen) atoms. The minimum absolute atomic E-state index is 0.149. The summed E-state index contributed by atoms with van der Waals surface area (Å²) in [5, 5.41) is 12.9. The number of nitrogens with one attached hydrogen (secondary N) is 1. The number of carbonyl (C=O) groups excluding carboxylic acids is 1. The number of nitrogens with zero attached hydrogens (tertiary/aromatic N) is 3. The van der Waals surface area contributed by atoms with Crippen LogP contribution in [0, 0.1) is 5.92 Å². The van der Waals surface area contributed by atoms with Crippen molar-refractivity contribution in [3.8, 4) is 0 Å². The van der Waals surface area contributed by atoms with Crippen molar-refractivity contribution in [3.63, 3.8) is 0 Å². The first-order valence-electron chi connectivity index (χ1n) is 9.89. The van der Waals surface area contributed by atoms with Crippen LogP contribution in [0.1, 0.15) is 81.0 Å². The third-order valence-electron chi connectivity index (χ3n) is 5.36. The summed E-state index contributed by atoms with van der Waals surface area (Å²) in [4.78, 5) is 20.3. The van der Waals surface area contributed by atoms with E-state index in [1.807, 2.05) is 12.1 Å². The molecule has 7 heteroatoms. The quantitative estimate of drug-likeness (QED) is 0.513. The van der Waals surface area contributed by atoms with Gasteiger partial charge in [-0.25, -0.2) is 5.48 Å². The van der Waals surface area contributed by atoms with Gasteiger partial charge >= 0.3 is 0 Å². The van der Waals surface area contributed by atoms with E-state index in [1.165, 1.54) is 38.5 Å². The number of amides is 1. The molecule has 2 aromatic heterocycles. The van der Waals surface area contributed by atoms with Crippen LogP contribution in [0.5, 0.6) is 0 Å². The monoisotopic (exact) mass is 372 g/mol. The molecule has 0 unspecified atom stereocenters. The van der Waals surface area contributed by atoms with Gasteiger partial charge < -0.3 is 4.52 Å². The van der Waals surface area contributed by atoms with Crippen molar-refractivity contribution >= 4 is 5.91 Å². The van der Waals surface area contributed by atoms with E-state index >= 15 is 0 Å². The Bertz CT molecular complexity index is 698. The second kappa shape index (κ2) is 10.2. The zero-order valence-corrected chi connectivity index (χ0v) is 15.6. The Kier molecular flexibility index (Phi) is 7.33. The van der Waals surface area contributed by atoms with E-state index in [0.29, 0.717) is 18.1 Å². The number of hydroxylamine groups is 1. The van der Waals surface area contributed by atoms with Crippen LogP contribution >= 0.6 is 0 Å². The van der Waals surface area contributed by atoms with Gasteiger partial charge in [-0.05, 0) is 24.0 Å². The molecule has 0 aromatic carbocycles. The minimum Gasteiger partial charge on any atom is -0.339 e. The molecule has 0 radical (unpaired) electrons. The molecule has 0 aliphatic heterocycles. The molecule has 3 rings (SSSR count). The lowest BCUT2D eigenvalue weighted by atomic mass is 9.84. The van der Waals surface area contributed by atoms with Gasteiger partial charge in [0.25, 0.3) is 0 Å². The zero-order valence-electron chi connectivity index (χ0n) is 15.6. The SMILES string of the molecule is O=C(C[C@@H](CCCC1CCCCC1)c1nc(Cc2cccnc2)no1)NO. The van der Waals surface area contributed by atoms with Gasteiger partial charge in [0, 0.05) is 31.2 Å². The number of rotatable bonds is 9. The highest BCUT2D eigenvalue weighted by molar-refractivity contribution is 5.75. The third-order valence-corrected chi connectivity index (χ3v) is 5.36. The molecule has 2 N–H and O–H groups in total. The average Bonchev–Trinajstić information content (AvgIpc) is 3.17. The maximum absolute atomic E-state index is 11.7. The zero-order chi connectivity index (χ0) is 18.9. The molecule has 1 saturated carbocycles. The summed E-state index contributed by atoms with van der Waals surface area (Å²) in [6.45, 7) is 0. The van der Waals surface area contributed by atoms with Crippen LogP contribution in [0.25, 0.3) is 0 Å². The lowest BCUT2D eigenvalue weighted by Crippen LogP contribution is -2.21. The van der Waals surface area contributed by atoms with E-state index in [1.54, 1.807) is 17.9 Å². The second-order valence-electron chi connectivity index (χ2n) is 7.46. The van der Waals surface area contributed by atoms with Gasteiger partial charge in [0.15, 0.2) is 5.82 Å². The molecule has 1 fully saturated rings. The highest BCUT2D eigenvalue weighted by atomic mass is 16.5. The standard InChI is InChI=1S/C20H28N4O3/c25-19(23-26)13-17(10-4-8-15-6-2-1-3-7-15)20-22-18(24-27-20)12-16-9-5-11-21-14-16/h5,9,11,14-15,17,26H,1-4,6-8,10,12-13H2,(H,23,25)/t17-/m1/s1. The maximum Gasteiger partial charge on any atom is 0.244 e. The van der Waals surface area contributed by atoms with E-state index in [9.17, 15) is 4.79 Å². The fourth-order valence-electron chi connectivity index (χ4n) is 3.90. The maximum atomic E-state index is 11.7. The van der Waals surface area contributed by atoms with Gasteiger partial charge in [0.05, 0.1) is 0 Å². The molecule has 1 atom stereocenters. The van der Waals surface area contributed by atoms with Crippen molar-refractivity contribution in [2.75, 3.05) is 0 Å². The van der Waals surface area contributed by atoms with Crippen LogP contribution in [-0.2, 0) is 11.2 Å². The summed E-state index contributed by atoms with van der Waals surface area (Å²) < 4.78 is 5.44. The highest BCUT2D eigenvalue weighted by Gasteiger charge is 2.23. The predicted molar refractivity (Wildman–Crippen MR) is 99.1 cm³/mol. The fraction of sp³-hybridized carbons (Fsp3) is 0.600. The Morgan fingerprint density at radius 2 is 2.19 bits per heavy atom. The van der Waals surface area contributed by atoms with Gasteiger partial charge in [-0.3, -0.25) is 15.0 Å². The van der Waals surface area contributed by atoms with E-state index < -0.39 is 5.91 Å². The van der Waals surface area contributed by atoms with E-state index in [2.05, 4.69) is 15.1 Å². The average molecular weight is 372 g/mol. The van der Waals surface area contributed by atoms with Crippen molar-refractivity contribution in [3.05, 3.63) is 41.8 Å². The largest absolute Gasteiger partial charge is 0.339 e. The van der Waals surface area contributed by atoms with Crippen LogP contribution in [0.4, 0.5) is 0 Å². The van der Waals surface area contributed by atoms with Crippen LogP contribution in [0.2, 0.25) is 0 Å². The van der Waals surface area contributed by atoms with Crippen LogP contribution < -0.4 is 5.48 Å². The second-order valence-corrected chi connectivity index (χ2v) is 7.46. The Morgan fingerprint density at radius 1 is 1.33 bits per heavy atom. The Labute approximate surface area is 159 Å². The molecule has 146 valence electrons. The molecule has 1 aliphatic rings. The van der Waals surface area contributed by atoms with Gasteiger partial charge in [-0.1, -0.05) is 56.2 Å². The third kappa shape index (κ3) is 6.13. The molecular formula is C20H28N4O3. The fourth-order valence-corrected chi connectivity index (χ4v) is 3.90. The molecule has 1 aliphatic carbocycles. The molecule has 2 aromatic rings. The van der Waals surface area contributed by atoms with Crippen molar-refractivity contribution in [2.45, 2.75) is 70.1 Å². The molecule has 7 nitrogen and oxygen atoms in total. The first-order chi connectivity index (χ1) is 13.2. The van der Waals surface area contributed by atoms with Crippen LogP contribution in [0.3, 0.4) is 0 Å². The lowest BCUT2D eigenvalue weighted by molar-refractivity contribution is -0.129. The van der Waals surface area contributed by atoms with E-state index in [0.717, 1.165) is 24.3 Å². The Morgan fingerprint density at radius 3 is 2.93 bits per heavy atom. The summed E-state index contributed by atoms with van der Waals surface area (Å²) in [6, 6.07) is 3.83. The summed E-state index contributed by atoms with van der Waals surface area (Å²) in [7, 11) is 0. The Balaban J connectivity index is 1.59. The first-order valence-corrected chi connectivity index (χ1v) is 9.89. The molecule has 0 saturated heterocycles. The number of aromatic nitrogens is 3. The first kappa shape index (κ1) is 19.5. The summed E-state index contributed by atoms with van der Waals surface area (Å²) in [6.07, 6.45) is 13.9. The molecule has 1 amide bonds. The van der Waals surface area contributed by atoms with Crippen molar-refractivity contribution in [2.24, 2.45) is 5.92 Å². The van der Waals surface area contributed by atoms with Gasteiger partial charge in [0.1, 0.15) is 0 Å². The van der Waals surface area contributed by atoms with Gasteiger partial charge in [-0.2, -0.15) is 4.98 Å². The van der Waals surface area contributed by atoms with Crippen molar-refractivity contribution in [1.29, 1.82) is 0 Å². The number of carbonyl (C=O) groups is 1. The topological polar surface area (TPSA) is 101 Å². The molecular weight excluding hydrogens is 344 g/mol. The van der Waals surface area contributed by atoms with Gasteiger partial charge in [0.2, 0.25) is 11.8 Å². The molecule has 0 spiro atoms. The van der Waals surface area contributed by atoms with Gasteiger partial charge in [-0.15, -0.1) is 0 Å².